The van der Waals surface area contributed by atoms with E-state index in [4.69, 9.17) is 0 Å². The Morgan fingerprint density at radius 1 is 0.857 bits per heavy atom. The third kappa shape index (κ3) is 4.21. The number of anilines is 2. The minimum Gasteiger partial charge on any atom is -0.353 e. The molecule has 2 aliphatic heterocycles. The molecule has 2 aromatic rings. The highest BCUT2D eigenvalue weighted by Gasteiger charge is 2.23. The van der Waals surface area contributed by atoms with Crippen molar-refractivity contribution < 1.29 is 4.79 Å². The number of aromatic nitrogens is 4. The predicted molar refractivity (Wildman–Crippen MR) is 108 cm³/mol. The van der Waals surface area contributed by atoms with E-state index in [2.05, 4.69) is 29.7 Å². The average molecular weight is 381 g/mol. The summed E-state index contributed by atoms with van der Waals surface area (Å²) in [5.74, 6) is 2.27. The molecular weight excluding hydrogens is 354 g/mol. The fourth-order valence-electron chi connectivity index (χ4n) is 3.85. The van der Waals surface area contributed by atoms with Crippen LogP contribution in [0.5, 0.6) is 0 Å². The van der Waals surface area contributed by atoms with Crippen LogP contribution >= 0.6 is 0 Å². The molecule has 0 spiro atoms. The highest BCUT2D eigenvalue weighted by Crippen LogP contribution is 2.19. The fourth-order valence-corrected chi connectivity index (χ4v) is 3.85. The smallest absolute Gasteiger partial charge is 0.272 e. The van der Waals surface area contributed by atoms with Crippen molar-refractivity contribution in [3.63, 3.8) is 0 Å². The predicted octanol–water partition coefficient (Wildman–Crippen LogP) is 1.92. The molecule has 2 fully saturated rings. The summed E-state index contributed by atoms with van der Waals surface area (Å²) in [6, 6.07) is 3.68. The molecule has 2 aromatic heterocycles. The van der Waals surface area contributed by atoms with Crippen LogP contribution in [0.3, 0.4) is 0 Å². The van der Waals surface area contributed by atoms with E-state index in [1.165, 1.54) is 12.8 Å². The van der Waals surface area contributed by atoms with Crippen LogP contribution in [0.15, 0.2) is 24.5 Å². The Balaban J connectivity index is 1.46. The van der Waals surface area contributed by atoms with Gasteiger partial charge in [0, 0.05) is 57.7 Å². The summed E-state index contributed by atoms with van der Waals surface area (Å²) in [6.07, 6.45) is 8.09. The van der Waals surface area contributed by atoms with E-state index in [1.807, 2.05) is 24.0 Å². The van der Waals surface area contributed by atoms with Crippen LogP contribution in [0.1, 0.15) is 42.0 Å². The van der Waals surface area contributed by atoms with Gasteiger partial charge in [0.1, 0.15) is 17.3 Å². The van der Waals surface area contributed by atoms with E-state index in [0.29, 0.717) is 11.5 Å². The van der Waals surface area contributed by atoms with Crippen molar-refractivity contribution in [2.45, 2.75) is 32.6 Å². The number of likely N-dealkylation sites (tertiary alicyclic amines) is 1. The van der Waals surface area contributed by atoms with Gasteiger partial charge in [-0.15, -0.1) is 0 Å². The molecule has 1 amide bonds. The first kappa shape index (κ1) is 18.6. The van der Waals surface area contributed by atoms with Crippen molar-refractivity contribution >= 4 is 17.7 Å². The maximum Gasteiger partial charge on any atom is 0.272 e. The van der Waals surface area contributed by atoms with Gasteiger partial charge in [-0.2, -0.15) is 0 Å². The molecule has 8 heteroatoms. The van der Waals surface area contributed by atoms with E-state index in [0.717, 1.165) is 63.9 Å². The summed E-state index contributed by atoms with van der Waals surface area (Å²) in [4.78, 5) is 37.0. The standard InChI is InChI=1S/C20H27N7O/c1-16-23-17(19(28)26-9-4-2-3-5-10-26)15-18(24-16)25-11-13-27(14-12-25)20-21-7-6-8-22-20/h6-8,15H,2-5,9-14H2,1H3. The van der Waals surface area contributed by atoms with E-state index < -0.39 is 0 Å². The number of hydrogen-bond acceptors (Lipinski definition) is 7. The van der Waals surface area contributed by atoms with Gasteiger partial charge in [0.15, 0.2) is 0 Å². The molecule has 0 aromatic carbocycles. The second-order valence-corrected chi connectivity index (χ2v) is 7.39. The number of carbonyl (C=O) groups excluding carboxylic acids is 1. The lowest BCUT2D eigenvalue weighted by atomic mass is 10.2. The summed E-state index contributed by atoms with van der Waals surface area (Å²) in [7, 11) is 0. The number of rotatable bonds is 3. The van der Waals surface area contributed by atoms with Crippen molar-refractivity contribution in [1.82, 2.24) is 24.8 Å². The number of aryl methyl sites for hydroxylation is 1. The summed E-state index contributed by atoms with van der Waals surface area (Å²) in [5.41, 5.74) is 0.512. The van der Waals surface area contributed by atoms with Gasteiger partial charge in [0.05, 0.1) is 0 Å². The van der Waals surface area contributed by atoms with E-state index in [-0.39, 0.29) is 5.91 Å². The van der Waals surface area contributed by atoms with Gasteiger partial charge in [-0.25, -0.2) is 19.9 Å². The van der Waals surface area contributed by atoms with Crippen molar-refractivity contribution in [2.75, 3.05) is 49.1 Å². The quantitative estimate of drug-likeness (QED) is 0.804. The van der Waals surface area contributed by atoms with Gasteiger partial charge >= 0.3 is 0 Å². The molecule has 2 saturated heterocycles. The number of piperazine rings is 1. The van der Waals surface area contributed by atoms with Crippen LogP contribution in [0.25, 0.3) is 0 Å². The molecule has 0 N–H and O–H groups in total. The number of nitrogens with zero attached hydrogens (tertiary/aromatic N) is 7. The zero-order valence-corrected chi connectivity index (χ0v) is 16.4. The molecular formula is C20H27N7O. The van der Waals surface area contributed by atoms with Crippen molar-refractivity contribution in [2.24, 2.45) is 0 Å². The third-order valence-electron chi connectivity index (χ3n) is 5.38. The van der Waals surface area contributed by atoms with Crippen LogP contribution in [0, 0.1) is 6.92 Å². The van der Waals surface area contributed by atoms with Crippen LogP contribution in [-0.4, -0.2) is 70.0 Å². The summed E-state index contributed by atoms with van der Waals surface area (Å²) in [6.45, 7) is 6.78. The van der Waals surface area contributed by atoms with Crippen molar-refractivity contribution in [3.8, 4) is 0 Å². The monoisotopic (exact) mass is 381 g/mol. The van der Waals surface area contributed by atoms with Crippen LogP contribution in [0.2, 0.25) is 0 Å². The van der Waals surface area contributed by atoms with Crippen molar-refractivity contribution in [3.05, 3.63) is 36.0 Å². The molecule has 8 nitrogen and oxygen atoms in total. The van der Waals surface area contributed by atoms with Gasteiger partial charge in [0.2, 0.25) is 5.95 Å². The average Bonchev–Trinajstić information content (AvgIpc) is 3.03. The number of hydrogen-bond donors (Lipinski definition) is 0. The Hall–Kier alpha value is -2.77. The van der Waals surface area contributed by atoms with Gasteiger partial charge in [-0.3, -0.25) is 4.79 Å². The zero-order chi connectivity index (χ0) is 19.3. The van der Waals surface area contributed by atoms with Crippen LogP contribution in [-0.2, 0) is 0 Å². The molecule has 0 radical (unpaired) electrons. The maximum atomic E-state index is 13.0. The highest BCUT2D eigenvalue weighted by atomic mass is 16.2. The van der Waals surface area contributed by atoms with Gasteiger partial charge in [-0.05, 0) is 25.8 Å². The Labute approximate surface area is 165 Å². The molecule has 28 heavy (non-hydrogen) atoms. The fraction of sp³-hybridized carbons (Fsp3) is 0.550. The third-order valence-corrected chi connectivity index (χ3v) is 5.38. The van der Waals surface area contributed by atoms with Gasteiger partial charge in [-0.1, -0.05) is 12.8 Å². The van der Waals surface area contributed by atoms with Crippen LogP contribution in [0.4, 0.5) is 11.8 Å². The van der Waals surface area contributed by atoms with Gasteiger partial charge < -0.3 is 14.7 Å². The number of amides is 1. The maximum absolute atomic E-state index is 13.0. The summed E-state index contributed by atoms with van der Waals surface area (Å²) >= 11 is 0. The zero-order valence-electron chi connectivity index (χ0n) is 16.4. The first-order valence-electron chi connectivity index (χ1n) is 10.1. The van der Waals surface area contributed by atoms with Gasteiger partial charge in [0.25, 0.3) is 5.91 Å². The second kappa shape index (κ2) is 8.50. The largest absolute Gasteiger partial charge is 0.353 e. The molecule has 0 aliphatic carbocycles. The first-order valence-corrected chi connectivity index (χ1v) is 10.1. The molecule has 4 rings (SSSR count). The Kier molecular flexibility index (Phi) is 5.64. The Bertz CT molecular complexity index is 797. The van der Waals surface area contributed by atoms with Crippen molar-refractivity contribution in [1.29, 1.82) is 0 Å². The van der Waals surface area contributed by atoms with E-state index in [9.17, 15) is 4.79 Å². The minimum absolute atomic E-state index is 0.0324. The van der Waals surface area contributed by atoms with E-state index >= 15 is 0 Å². The molecule has 2 aliphatic rings. The molecule has 0 unspecified atom stereocenters. The minimum atomic E-state index is 0.0324. The SMILES string of the molecule is Cc1nc(C(=O)N2CCCCCC2)cc(N2CCN(c3ncccn3)CC2)n1. The summed E-state index contributed by atoms with van der Waals surface area (Å²) in [5, 5.41) is 0. The lowest BCUT2D eigenvalue weighted by molar-refractivity contribution is 0.0755. The second-order valence-electron chi connectivity index (χ2n) is 7.39. The Morgan fingerprint density at radius 3 is 2.18 bits per heavy atom. The molecule has 0 saturated carbocycles. The molecule has 0 bridgehead atoms. The lowest BCUT2D eigenvalue weighted by Gasteiger charge is -2.35. The van der Waals surface area contributed by atoms with Crippen LogP contribution < -0.4 is 9.80 Å². The topological polar surface area (TPSA) is 78.4 Å². The summed E-state index contributed by atoms with van der Waals surface area (Å²) < 4.78 is 0. The molecule has 148 valence electrons. The lowest BCUT2D eigenvalue weighted by Crippen LogP contribution is -2.47. The highest BCUT2D eigenvalue weighted by molar-refractivity contribution is 5.93. The molecule has 4 heterocycles. The molecule has 0 atom stereocenters. The number of carbonyl (C=O) groups is 1. The Morgan fingerprint density at radius 2 is 1.50 bits per heavy atom. The normalized spacial score (nSPS) is 18.1. The first-order chi connectivity index (χ1) is 13.7. The van der Waals surface area contributed by atoms with E-state index in [1.54, 1.807) is 12.4 Å².